The van der Waals surface area contributed by atoms with Crippen LogP contribution in [0.1, 0.15) is 55.6 Å². The van der Waals surface area contributed by atoms with Crippen LogP contribution in [0.4, 0.5) is 0 Å². The molecule has 0 aliphatic heterocycles. The molecule has 1 saturated carbocycles. The van der Waals surface area contributed by atoms with Crippen LogP contribution in [-0.4, -0.2) is 16.7 Å². The predicted octanol–water partition coefficient (Wildman–Crippen LogP) is 2.72. The van der Waals surface area contributed by atoms with E-state index in [0.29, 0.717) is 12.0 Å². The second kappa shape index (κ2) is 4.58. The van der Waals surface area contributed by atoms with Crippen molar-refractivity contribution in [3.05, 3.63) is 10.0 Å². The molecule has 0 aromatic carbocycles. The fourth-order valence-corrected chi connectivity index (χ4v) is 2.80. The predicted molar refractivity (Wildman–Crippen MR) is 63.1 cm³/mol. The maximum atomic E-state index is 4.29. The van der Waals surface area contributed by atoms with Gasteiger partial charge >= 0.3 is 0 Å². The molecule has 1 aliphatic rings. The van der Waals surface area contributed by atoms with Crippen LogP contribution in [0, 0.1) is 5.92 Å². The molecule has 1 N–H and O–H groups in total. The molecule has 1 aromatic heterocycles. The van der Waals surface area contributed by atoms with Crippen LogP contribution < -0.4 is 5.32 Å². The standard InChI is InChI=1S/C11H19N3S/c1-4-5-12-8(3)10-13-14-11(15-10)9-6-7(9)2/h7-9,12H,4-6H2,1-3H3. The molecule has 4 heteroatoms. The molecule has 0 spiro atoms. The van der Waals surface area contributed by atoms with Crippen molar-refractivity contribution in [1.29, 1.82) is 0 Å². The molecule has 0 radical (unpaired) electrons. The van der Waals surface area contributed by atoms with Crippen molar-refractivity contribution in [2.75, 3.05) is 6.54 Å². The van der Waals surface area contributed by atoms with Crippen molar-refractivity contribution in [3.63, 3.8) is 0 Å². The molecule has 0 saturated heterocycles. The van der Waals surface area contributed by atoms with E-state index in [2.05, 4.69) is 36.3 Å². The van der Waals surface area contributed by atoms with Crippen LogP contribution in [0.15, 0.2) is 0 Å². The maximum absolute atomic E-state index is 4.29. The van der Waals surface area contributed by atoms with Gasteiger partial charge in [-0.1, -0.05) is 25.2 Å². The van der Waals surface area contributed by atoms with E-state index in [4.69, 9.17) is 0 Å². The Balaban J connectivity index is 1.94. The summed E-state index contributed by atoms with van der Waals surface area (Å²) < 4.78 is 0. The highest BCUT2D eigenvalue weighted by atomic mass is 32.1. The first-order valence-corrected chi connectivity index (χ1v) is 6.60. The van der Waals surface area contributed by atoms with E-state index in [1.807, 2.05) is 0 Å². The van der Waals surface area contributed by atoms with Crippen molar-refractivity contribution in [2.45, 2.75) is 45.6 Å². The van der Waals surface area contributed by atoms with Crippen molar-refractivity contribution in [3.8, 4) is 0 Å². The first-order chi connectivity index (χ1) is 7.22. The van der Waals surface area contributed by atoms with Gasteiger partial charge in [0.25, 0.3) is 0 Å². The molecule has 1 aromatic rings. The molecule has 3 atom stereocenters. The van der Waals surface area contributed by atoms with Gasteiger partial charge in [0.15, 0.2) is 0 Å². The first-order valence-electron chi connectivity index (χ1n) is 5.79. The molecule has 0 amide bonds. The van der Waals surface area contributed by atoms with Gasteiger partial charge in [0, 0.05) is 5.92 Å². The zero-order valence-corrected chi connectivity index (χ0v) is 10.5. The van der Waals surface area contributed by atoms with Gasteiger partial charge in [0.05, 0.1) is 6.04 Å². The highest BCUT2D eigenvalue weighted by molar-refractivity contribution is 7.11. The zero-order chi connectivity index (χ0) is 10.8. The van der Waals surface area contributed by atoms with Gasteiger partial charge in [-0.3, -0.25) is 0 Å². The summed E-state index contributed by atoms with van der Waals surface area (Å²) in [7, 11) is 0. The van der Waals surface area contributed by atoms with E-state index in [-0.39, 0.29) is 0 Å². The van der Waals surface area contributed by atoms with E-state index in [1.54, 1.807) is 11.3 Å². The van der Waals surface area contributed by atoms with Crippen LogP contribution in [0.2, 0.25) is 0 Å². The van der Waals surface area contributed by atoms with Gasteiger partial charge in [-0.15, -0.1) is 10.2 Å². The van der Waals surface area contributed by atoms with Crippen LogP contribution in [0.25, 0.3) is 0 Å². The van der Waals surface area contributed by atoms with E-state index in [9.17, 15) is 0 Å². The Morgan fingerprint density at radius 3 is 2.87 bits per heavy atom. The Hall–Kier alpha value is -0.480. The number of nitrogens with one attached hydrogen (secondary N) is 1. The fourth-order valence-electron chi connectivity index (χ4n) is 1.69. The maximum Gasteiger partial charge on any atom is 0.134 e. The summed E-state index contributed by atoms with van der Waals surface area (Å²) in [5, 5.41) is 14.4. The van der Waals surface area contributed by atoms with E-state index >= 15 is 0 Å². The van der Waals surface area contributed by atoms with Gasteiger partial charge in [0.2, 0.25) is 0 Å². The summed E-state index contributed by atoms with van der Waals surface area (Å²) in [6, 6.07) is 0.352. The van der Waals surface area contributed by atoms with Gasteiger partial charge in [-0.2, -0.15) is 0 Å². The largest absolute Gasteiger partial charge is 0.308 e. The van der Waals surface area contributed by atoms with Crippen LogP contribution in [0.3, 0.4) is 0 Å². The van der Waals surface area contributed by atoms with Crippen LogP contribution in [0.5, 0.6) is 0 Å². The highest BCUT2D eigenvalue weighted by Gasteiger charge is 2.37. The van der Waals surface area contributed by atoms with E-state index in [1.165, 1.54) is 11.4 Å². The Labute approximate surface area is 95.3 Å². The minimum Gasteiger partial charge on any atom is -0.308 e. The fraction of sp³-hybridized carbons (Fsp3) is 0.818. The Morgan fingerprint density at radius 1 is 1.53 bits per heavy atom. The SMILES string of the molecule is CCCNC(C)c1nnc(C2CC2C)s1. The molecular formula is C11H19N3S. The number of nitrogens with zero attached hydrogens (tertiary/aromatic N) is 2. The van der Waals surface area contributed by atoms with Gasteiger partial charge in [0.1, 0.15) is 10.0 Å². The molecule has 15 heavy (non-hydrogen) atoms. The van der Waals surface area contributed by atoms with Gasteiger partial charge < -0.3 is 5.32 Å². The third-order valence-electron chi connectivity index (χ3n) is 2.95. The molecule has 84 valence electrons. The minimum atomic E-state index is 0.352. The third-order valence-corrected chi connectivity index (χ3v) is 4.19. The second-order valence-corrected chi connectivity index (χ2v) is 5.51. The molecule has 3 unspecified atom stereocenters. The average Bonchev–Trinajstić information content (AvgIpc) is 2.80. The van der Waals surface area contributed by atoms with Crippen molar-refractivity contribution in [2.24, 2.45) is 5.92 Å². The lowest BCUT2D eigenvalue weighted by Crippen LogP contribution is -2.18. The molecule has 1 aliphatic carbocycles. The molecule has 2 rings (SSSR count). The number of hydrogen-bond acceptors (Lipinski definition) is 4. The number of rotatable bonds is 5. The van der Waals surface area contributed by atoms with E-state index in [0.717, 1.165) is 23.9 Å². The Kier molecular flexibility index (Phi) is 3.36. The van der Waals surface area contributed by atoms with Crippen LogP contribution in [-0.2, 0) is 0 Å². The lowest BCUT2D eigenvalue weighted by Gasteiger charge is -2.08. The second-order valence-electron chi connectivity index (χ2n) is 4.47. The lowest BCUT2D eigenvalue weighted by molar-refractivity contribution is 0.564. The molecule has 0 bridgehead atoms. The van der Waals surface area contributed by atoms with E-state index < -0.39 is 0 Å². The van der Waals surface area contributed by atoms with Crippen molar-refractivity contribution < 1.29 is 0 Å². The molecule has 3 nitrogen and oxygen atoms in total. The first kappa shape index (κ1) is 11.0. The van der Waals surface area contributed by atoms with Crippen molar-refractivity contribution in [1.82, 2.24) is 15.5 Å². The van der Waals surface area contributed by atoms with Gasteiger partial charge in [-0.05, 0) is 32.2 Å². The molecular weight excluding hydrogens is 206 g/mol. The zero-order valence-electron chi connectivity index (χ0n) is 9.66. The summed E-state index contributed by atoms with van der Waals surface area (Å²) in [6.45, 7) is 7.67. The van der Waals surface area contributed by atoms with Crippen LogP contribution >= 0.6 is 11.3 Å². The highest BCUT2D eigenvalue weighted by Crippen LogP contribution is 2.47. The molecule has 1 fully saturated rings. The molecule has 1 heterocycles. The quantitative estimate of drug-likeness (QED) is 0.837. The van der Waals surface area contributed by atoms with Crippen molar-refractivity contribution >= 4 is 11.3 Å². The van der Waals surface area contributed by atoms with Gasteiger partial charge in [-0.25, -0.2) is 0 Å². The monoisotopic (exact) mass is 225 g/mol. The summed E-state index contributed by atoms with van der Waals surface area (Å²) in [4.78, 5) is 0. The lowest BCUT2D eigenvalue weighted by atomic mass is 10.3. The number of hydrogen-bond donors (Lipinski definition) is 1. The Bertz CT molecular complexity index is 323. The topological polar surface area (TPSA) is 37.8 Å². The average molecular weight is 225 g/mol. The Morgan fingerprint density at radius 2 is 2.27 bits per heavy atom. The smallest absolute Gasteiger partial charge is 0.134 e. The normalized spacial score (nSPS) is 26.6. The summed E-state index contributed by atoms with van der Waals surface area (Å²) >= 11 is 1.78. The summed E-state index contributed by atoms with van der Waals surface area (Å²) in [6.07, 6.45) is 2.46. The summed E-state index contributed by atoms with van der Waals surface area (Å²) in [5.41, 5.74) is 0. The minimum absolute atomic E-state index is 0.352. The number of aromatic nitrogens is 2. The summed E-state index contributed by atoms with van der Waals surface area (Å²) in [5.74, 6) is 1.53. The third kappa shape index (κ3) is 2.55.